The predicted octanol–water partition coefficient (Wildman–Crippen LogP) is 4.42. The third-order valence-electron chi connectivity index (χ3n) is 2.39. The lowest BCUT2D eigenvalue weighted by Crippen LogP contribution is -2.42. The van der Waals surface area contributed by atoms with E-state index in [1.807, 2.05) is 0 Å². The summed E-state index contributed by atoms with van der Waals surface area (Å²) in [6.07, 6.45) is -4.34. The summed E-state index contributed by atoms with van der Waals surface area (Å²) in [5.41, 5.74) is 0. The molecule has 0 radical (unpaired) electrons. The van der Waals surface area contributed by atoms with E-state index >= 15 is 0 Å². The quantitative estimate of drug-likeness (QED) is 0.465. The van der Waals surface area contributed by atoms with E-state index < -0.39 is 31.0 Å². The number of hydrogen-bond donors (Lipinski definition) is 0. The molecule has 0 aliphatic heterocycles. The van der Waals surface area contributed by atoms with E-state index in [1.54, 1.807) is 13.8 Å². The maximum atomic E-state index is 13.4. The first-order valence-corrected chi connectivity index (χ1v) is 5.78. The Hall–Kier alpha value is -0.390. The highest BCUT2D eigenvalue weighted by molar-refractivity contribution is 4.82. The molecule has 0 bridgehead atoms. The van der Waals surface area contributed by atoms with Crippen molar-refractivity contribution in [1.82, 2.24) is 0 Å². The lowest BCUT2D eigenvalue weighted by atomic mass is 9.95. The molecule has 0 spiro atoms. The molecule has 17 heavy (non-hydrogen) atoms. The molecule has 0 heterocycles. The molecule has 0 aromatic rings. The maximum Gasteiger partial charge on any atom is 0.397 e. The summed E-state index contributed by atoms with van der Waals surface area (Å²) < 4.78 is 68.9. The van der Waals surface area contributed by atoms with Crippen molar-refractivity contribution < 1.29 is 26.7 Å². The van der Waals surface area contributed by atoms with Crippen molar-refractivity contribution in [1.29, 1.82) is 0 Å². The van der Waals surface area contributed by atoms with Crippen molar-refractivity contribution in [2.45, 2.75) is 51.6 Å². The molecule has 0 saturated heterocycles. The Bertz CT molecular complexity index is 203. The molecule has 1 atom stereocenters. The lowest BCUT2D eigenvalue weighted by Gasteiger charge is -2.28. The fourth-order valence-electron chi connectivity index (χ4n) is 1.48. The summed E-state index contributed by atoms with van der Waals surface area (Å²) in [6, 6.07) is 0. The molecule has 0 rings (SSSR count). The molecule has 0 aliphatic rings. The number of alkyl halides is 5. The first-order chi connectivity index (χ1) is 7.75. The smallest absolute Gasteiger partial charge is 0.375 e. The highest BCUT2D eigenvalue weighted by Gasteiger charge is 2.54. The molecule has 0 amide bonds. The van der Waals surface area contributed by atoms with Gasteiger partial charge in [-0.05, 0) is 12.8 Å². The molecule has 0 aromatic heterocycles. The lowest BCUT2D eigenvalue weighted by molar-refractivity contribution is -0.254. The average molecular weight is 262 g/mol. The van der Waals surface area contributed by atoms with Gasteiger partial charge in [-0.3, -0.25) is 0 Å². The van der Waals surface area contributed by atoms with Gasteiger partial charge in [0.15, 0.2) is 0 Å². The van der Waals surface area contributed by atoms with Crippen LogP contribution in [0.1, 0.15) is 39.5 Å². The van der Waals surface area contributed by atoms with Crippen LogP contribution in [0.2, 0.25) is 0 Å². The molecule has 1 unspecified atom stereocenters. The Balaban J connectivity index is 4.53. The van der Waals surface area contributed by atoms with Gasteiger partial charge in [0.05, 0.1) is 0 Å². The van der Waals surface area contributed by atoms with E-state index in [2.05, 4.69) is 4.74 Å². The Morgan fingerprint density at radius 2 is 1.59 bits per heavy atom. The third kappa shape index (κ3) is 6.19. The summed E-state index contributed by atoms with van der Waals surface area (Å²) in [4.78, 5) is 0. The largest absolute Gasteiger partial charge is 0.397 e. The van der Waals surface area contributed by atoms with Crippen LogP contribution in [-0.2, 0) is 4.74 Å². The van der Waals surface area contributed by atoms with Gasteiger partial charge in [-0.2, -0.15) is 13.2 Å². The predicted molar refractivity (Wildman–Crippen MR) is 55.1 cm³/mol. The van der Waals surface area contributed by atoms with Crippen LogP contribution in [-0.4, -0.2) is 25.3 Å². The standard InChI is InChI=1S/C11H19F5O/c1-3-5-6-9(11(14,15)16)10(12,13)8-17-7-4-2/h9H,3-8H2,1-2H3. The summed E-state index contributed by atoms with van der Waals surface area (Å²) in [5, 5.41) is 0. The first kappa shape index (κ1) is 16.6. The zero-order valence-corrected chi connectivity index (χ0v) is 10.1. The number of unbranched alkanes of at least 4 members (excludes halogenated alkanes) is 1. The summed E-state index contributed by atoms with van der Waals surface area (Å²) in [5.74, 6) is -6.45. The van der Waals surface area contributed by atoms with Crippen molar-refractivity contribution in [3.63, 3.8) is 0 Å². The van der Waals surface area contributed by atoms with Crippen LogP contribution >= 0.6 is 0 Å². The van der Waals surface area contributed by atoms with Crippen LogP contribution in [0.5, 0.6) is 0 Å². The molecule has 1 nitrogen and oxygen atoms in total. The van der Waals surface area contributed by atoms with Crippen LogP contribution in [0.15, 0.2) is 0 Å². The molecule has 0 saturated carbocycles. The number of hydrogen-bond acceptors (Lipinski definition) is 1. The van der Waals surface area contributed by atoms with Crippen LogP contribution in [0, 0.1) is 5.92 Å². The highest BCUT2D eigenvalue weighted by atomic mass is 19.4. The SMILES string of the molecule is CCCCC(C(F)(F)F)C(F)(F)COCCC. The number of ether oxygens (including phenoxy) is 1. The van der Waals surface area contributed by atoms with Crippen LogP contribution in [0.4, 0.5) is 22.0 Å². The van der Waals surface area contributed by atoms with E-state index in [4.69, 9.17) is 0 Å². The molecule has 6 heteroatoms. The second-order valence-corrected chi connectivity index (χ2v) is 4.05. The van der Waals surface area contributed by atoms with Crippen molar-refractivity contribution in [2.75, 3.05) is 13.2 Å². The van der Waals surface area contributed by atoms with E-state index in [9.17, 15) is 22.0 Å². The van der Waals surface area contributed by atoms with Gasteiger partial charge in [-0.1, -0.05) is 26.7 Å². The summed E-state index contributed by atoms with van der Waals surface area (Å²) >= 11 is 0. The Morgan fingerprint density at radius 3 is 2.00 bits per heavy atom. The highest BCUT2D eigenvalue weighted by Crippen LogP contribution is 2.41. The van der Waals surface area contributed by atoms with Gasteiger partial charge in [0, 0.05) is 6.61 Å². The van der Waals surface area contributed by atoms with Crippen molar-refractivity contribution >= 4 is 0 Å². The van der Waals surface area contributed by atoms with Crippen LogP contribution in [0.3, 0.4) is 0 Å². The summed E-state index contributed by atoms with van der Waals surface area (Å²) in [6.45, 7) is 2.26. The van der Waals surface area contributed by atoms with E-state index in [0.717, 1.165) is 0 Å². The number of rotatable bonds is 8. The van der Waals surface area contributed by atoms with Gasteiger partial charge in [0.1, 0.15) is 12.5 Å². The molecular weight excluding hydrogens is 243 g/mol. The van der Waals surface area contributed by atoms with Gasteiger partial charge >= 0.3 is 6.18 Å². The zero-order valence-electron chi connectivity index (χ0n) is 10.1. The van der Waals surface area contributed by atoms with Crippen molar-refractivity contribution in [3.8, 4) is 0 Å². The monoisotopic (exact) mass is 262 g/mol. The van der Waals surface area contributed by atoms with Crippen molar-refractivity contribution in [3.05, 3.63) is 0 Å². The summed E-state index contributed by atoms with van der Waals surface area (Å²) in [7, 11) is 0. The molecular formula is C11H19F5O. The second-order valence-electron chi connectivity index (χ2n) is 4.05. The zero-order chi connectivity index (χ0) is 13.5. The first-order valence-electron chi connectivity index (χ1n) is 5.78. The Labute approximate surface area is 98.3 Å². The molecule has 0 aliphatic carbocycles. The normalized spacial score (nSPS) is 15.0. The number of halogens is 5. The van der Waals surface area contributed by atoms with Crippen molar-refractivity contribution in [2.24, 2.45) is 5.92 Å². The third-order valence-corrected chi connectivity index (χ3v) is 2.39. The van der Waals surface area contributed by atoms with Gasteiger partial charge in [0.25, 0.3) is 5.92 Å². The van der Waals surface area contributed by atoms with Gasteiger partial charge in [0.2, 0.25) is 0 Å². The fourth-order valence-corrected chi connectivity index (χ4v) is 1.48. The minimum atomic E-state index is -4.88. The van der Waals surface area contributed by atoms with Gasteiger partial charge in [-0.15, -0.1) is 0 Å². The molecule has 104 valence electrons. The minimum absolute atomic E-state index is 0.0495. The minimum Gasteiger partial charge on any atom is -0.375 e. The van der Waals surface area contributed by atoms with Gasteiger partial charge < -0.3 is 4.74 Å². The van der Waals surface area contributed by atoms with E-state index in [1.165, 1.54) is 0 Å². The fraction of sp³-hybridized carbons (Fsp3) is 1.00. The second kappa shape index (κ2) is 7.13. The molecule has 0 N–H and O–H groups in total. The maximum absolute atomic E-state index is 13.4. The van der Waals surface area contributed by atoms with Crippen LogP contribution < -0.4 is 0 Å². The van der Waals surface area contributed by atoms with Gasteiger partial charge in [-0.25, -0.2) is 8.78 Å². The van der Waals surface area contributed by atoms with E-state index in [0.29, 0.717) is 12.8 Å². The average Bonchev–Trinajstić information content (AvgIpc) is 2.16. The Kier molecular flexibility index (Phi) is 6.97. The van der Waals surface area contributed by atoms with Crippen LogP contribution in [0.25, 0.3) is 0 Å². The Morgan fingerprint density at radius 1 is 1.00 bits per heavy atom. The topological polar surface area (TPSA) is 9.23 Å². The van der Waals surface area contributed by atoms with E-state index in [-0.39, 0.29) is 13.0 Å². The molecule has 0 aromatic carbocycles. The molecule has 0 fully saturated rings.